The summed E-state index contributed by atoms with van der Waals surface area (Å²) in [6, 6.07) is 9.94. The minimum absolute atomic E-state index is 0.146. The molecular weight excluding hydrogens is 230 g/mol. The maximum absolute atomic E-state index is 11.8. The van der Waals surface area contributed by atoms with Crippen LogP contribution in [-0.4, -0.2) is 10.8 Å². The van der Waals surface area contributed by atoms with E-state index in [2.05, 4.69) is 4.98 Å². The summed E-state index contributed by atoms with van der Waals surface area (Å²) in [5, 5.41) is 2.57. The van der Waals surface area contributed by atoms with E-state index in [9.17, 15) is 4.79 Å². The Labute approximate surface area is 105 Å². The molecule has 0 spiro atoms. The van der Waals surface area contributed by atoms with Gasteiger partial charge in [-0.15, -0.1) is 11.3 Å². The van der Waals surface area contributed by atoms with Gasteiger partial charge < -0.3 is 0 Å². The molecule has 0 saturated heterocycles. The Morgan fingerprint density at radius 2 is 2.00 bits per heavy atom. The fraction of sp³-hybridized carbons (Fsp3) is 0.286. The van der Waals surface area contributed by atoms with E-state index in [-0.39, 0.29) is 5.78 Å². The number of nitrogens with zero attached hydrogens (tertiary/aromatic N) is 1. The van der Waals surface area contributed by atoms with Crippen LogP contribution >= 0.6 is 11.3 Å². The number of carbonyl (C=O) groups excluding carboxylic acids is 1. The van der Waals surface area contributed by atoms with Crippen molar-refractivity contribution in [3.8, 4) is 11.3 Å². The predicted molar refractivity (Wildman–Crippen MR) is 71.3 cm³/mol. The molecular formula is C14H15NOS. The zero-order valence-electron chi connectivity index (χ0n) is 10.0. The smallest absolute Gasteiger partial charge is 0.191 e. The summed E-state index contributed by atoms with van der Waals surface area (Å²) < 4.78 is 0. The van der Waals surface area contributed by atoms with Crippen LogP contribution in [0.15, 0.2) is 35.7 Å². The van der Waals surface area contributed by atoms with E-state index in [0.29, 0.717) is 17.3 Å². The molecule has 0 bridgehead atoms. The molecule has 0 aliphatic rings. The number of hydrogen-bond acceptors (Lipinski definition) is 3. The van der Waals surface area contributed by atoms with Gasteiger partial charge in [0, 0.05) is 17.4 Å². The van der Waals surface area contributed by atoms with E-state index in [1.807, 2.05) is 49.6 Å². The number of aromatic nitrogens is 1. The quantitative estimate of drug-likeness (QED) is 0.761. The van der Waals surface area contributed by atoms with Crippen LogP contribution in [0.25, 0.3) is 11.3 Å². The molecule has 0 radical (unpaired) electrons. The maximum Gasteiger partial charge on any atom is 0.191 e. The lowest BCUT2D eigenvalue weighted by molar-refractivity contribution is 0.0967. The molecule has 88 valence electrons. The fourth-order valence-electron chi connectivity index (χ4n) is 1.60. The number of rotatable bonds is 4. The minimum atomic E-state index is 0.146. The molecule has 0 atom stereocenters. The molecule has 1 aromatic carbocycles. The molecule has 0 aliphatic heterocycles. The molecule has 17 heavy (non-hydrogen) atoms. The number of thiazole rings is 1. The summed E-state index contributed by atoms with van der Waals surface area (Å²) >= 11 is 1.43. The summed E-state index contributed by atoms with van der Waals surface area (Å²) in [6.07, 6.45) is 0.571. The Morgan fingerprint density at radius 3 is 2.65 bits per heavy atom. The van der Waals surface area contributed by atoms with Crippen LogP contribution < -0.4 is 0 Å². The van der Waals surface area contributed by atoms with Crippen LogP contribution in [0.1, 0.15) is 30.1 Å². The van der Waals surface area contributed by atoms with Crippen molar-refractivity contribution in [3.05, 3.63) is 40.7 Å². The van der Waals surface area contributed by atoms with Crippen LogP contribution in [0.2, 0.25) is 0 Å². The van der Waals surface area contributed by atoms with Crippen molar-refractivity contribution in [3.63, 3.8) is 0 Å². The van der Waals surface area contributed by atoms with Crippen LogP contribution in [0.4, 0.5) is 0 Å². The summed E-state index contributed by atoms with van der Waals surface area (Å²) in [6.45, 7) is 4.09. The molecule has 0 aliphatic carbocycles. The first-order valence-corrected chi connectivity index (χ1v) is 6.59. The van der Waals surface area contributed by atoms with E-state index >= 15 is 0 Å². The van der Waals surface area contributed by atoms with Gasteiger partial charge in [0.05, 0.1) is 5.69 Å². The van der Waals surface area contributed by atoms with Crippen LogP contribution in [0, 0.1) is 5.92 Å². The number of carbonyl (C=O) groups is 1. The zero-order valence-corrected chi connectivity index (χ0v) is 10.8. The summed E-state index contributed by atoms with van der Waals surface area (Å²) in [5.41, 5.74) is 1.95. The van der Waals surface area contributed by atoms with Gasteiger partial charge in [-0.3, -0.25) is 4.79 Å². The van der Waals surface area contributed by atoms with Gasteiger partial charge in [0.15, 0.2) is 10.8 Å². The second-order valence-electron chi connectivity index (χ2n) is 4.43. The van der Waals surface area contributed by atoms with Gasteiger partial charge in [-0.2, -0.15) is 0 Å². The zero-order chi connectivity index (χ0) is 12.3. The second-order valence-corrected chi connectivity index (χ2v) is 5.28. The molecule has 0 saturated carbocycles. The van der Waals surface area contributed by atoms with Gasteiger partial charge in [-0.05, 0) is 5.92 Å². The first-order chi connectivity index (χ1) is 8.16. The largest absolute Gasteiger partial charge is 0.292 e. The fourth-order valence-corrected chi connectivity index (χ4v) is 2.38. The SMILES string of the molecule is CC(C)CC(=O)c1nc(-c2ccccc2)cs1. The summed E-state index contributed by atoms with van der Waals surface area (Å²) in [4.78, 5) is 16.3. The number of ketones is 1. The highest BCUT2D eigenvalue weighted by molar-refractivity contribution is 7.12. The Kier molecular flexibility index (Phi) is 3.69. The third kappa shape index (κ3) is 3.01. The highest BCUT2D eigenvalue weighted by atomic mass is 32.1. The van der Waals surface area contributed by atoms with Crippen molar-refractivity contribution in [2.24, 2.45) is 5.92 Å². The molecule has 1 heterocycles. The predicted octanol–water partition coefficient (Wildman–Crippen LogP) is 4.04. The number of hydrogen-bond donors (Lipinski definition) is 0. The number of Topliss-reactive ketones (excluding diaryl/α,β-unsaturated/α-hetero) is 1. The molecule has 2 nitrogen and oxygen atoms in total. The lowest BCUT2D eigenvalue weighted by atomic mass is 10.1. The van der Waals surface area contributed by atoms with Crippen molar-refractivity contribution >= 4 is 17.1 Å². The Bertz CT molecular complexity index is 502. The van der Waals surface area contributed by atoms with E-state index in [0.717, 1.165) is 11.3 Å². The monoisotopic (exact) mass is 245 g/mol. The Morgan fingerprint density at radius 1 is 1.29 bits per heavy atom. The molecule has 2 aromatic rings. The third-order valence-corrected chi connectivity index (χ3v) is 3.29. The van der Waals surface area contributed by atoms with Gasteiger partial charge in [0.1, 0.15) is 0 Å². The van der Waals surface area contributed by atoms with Gasteiger partial charge in [0.25, 0.3) is 0 Å². The van der Waals surface area contributed by atoms with Crippen LogP contribution in [0.5, 0.6) is 0 Å². The molecule has 1 aromatic heterocycles. The average Bonchev–Trinajstić information content (AvgIpc) is 2.78. The molecule has 0 N–H and O–H groups in total. The maximum atomic E-state index is 11.8. The van der Waals surface area contributed by atoms with E-state index in [4.69, 9.17) is 0 Å². The lowest BCUT2D eigenvalue weighted by Gasteiger charge is -1.99. The van der Waals surface area contributed by atoms with Crippen molar-refractivity contribution < 1.29 is 4.79 Å². The normalized spacial score (nSPS) is 10.8. The van der Waals surface area contributed by atoms with E-state index in [1.165, 1.54) is 11.3 Å². The highest BCUT2D eigenvalue weighted by Gasteiger charge is 2.13. The summed E-state index contributed by atoms with van der Waals surface area (Å²) in [7, 11) is 0. The average molecular weight is 245 g/mol. The molecule has 0 fully saturated rings. The van der Waals surface area contributed by atoms with Crippen LogP contribution in [-0.2, 0) is 0 Å². The van der Waals surface area contributed by atoms with Crippen molar-refractivity contribution in [1.29, 1.82) is 0 Å². The van der Waals surface area contributed by atoms with Crippen LogP contribution in [0.3, 0.4) is 0 Å². The molecule has 0 amide bonds. The van der Waals surface area contributed by atoms with E-state index < -0.39 is 0 Å². The Hall–Kier alpha value is -1.48. The lowest BCUT2D eigenvalue weighted by Crippen LogP contribution is -2.02. The highest BCUT2D eigenvalue weighted by Crippen LogP contribution is 2.22. The third-order valence-electron chi connectivity index (χ3n) is 2.41. The second kappa shape index (κ2) is 5.23. The van der Waals surface area contributed by atoms with Gasteiger partial charge in [0.2, 0.25) is 0 Å². The topological polar surface area (TPSA) is 30.0 Å². The van der Waals surface area contributed by atoms with Gasteiger partial charge in [-0.25, -0.2) is 4.98 Å². The number of benzene rings is 1. The Balaban J connectivity index is 2.19. The molecule has 3 heteroatoms. The van der Waals surface area contributed by atoms with Gasteiger partial charge >= 0.3 is 0 Å². The summed E-state index contributed by atoms with van der Waals surface area (Å²) in [5.74, 6) is 0.527. The van der Waals surface area contributed by atoms with Gasteiger partial charge in [-0.1, -0.05) is 44.2 Å². The first kappa shape index (κ1) is 12.0. The first-order valence-electron chi connectivity index (χ1n) is 5.71. The van der Waals surface area contributed by atoms with Crippen molar-refractivity contribution in [2.45, 2.75) is 20.3 Å². The van der Waals surface area contributed by atoms with Crippen molar-refractivity contribution in [1.82, 2.24) is 4.98 Å². The van der Waals surface area contributed by atoms with E-state index in [1.54, 1.807) is 0 Å². The standard InChI is InChI=1S/C14H15NOS/c1-10(2)8-13(16)14-15-12(9-17-14)11-6-4-3-5-7-11/h3-7,9-10H,8H2,1-2H3. The molecule has 2 rings (SSSR count). The minimum Gasteiger partial charge on any atom is -0.292 e. The van der Waals surface area contributed by atoms with Crippen molar-refractivity contribution in [2.75, 3.05) is 0 Å². The molecule has 0 unspecified atom stereocenters.